The van der Waals surface area contributed by atoms with E-state index in [9.17, 15) is 14.9 Å². The monoisotopic (exact) mass is 403 g/mol. The van der Waals surface area contributed by atoms with Gasteiger partial charge >= 0.3 is 0 Å². The number of rotatable bonds is 3. The maximum absolute atomic E-state index is 12.9. The van der Waals surface area contributed by atoms with E-state index in [1.807, 2.05) is 6.07 Å². The van der Waals surface area contributed by atoms with Gasteiger partial charge in [-0.05, 0) is 53.0 Å². The molecule has 0 amide bonds. The zero-order valence-corrected chi connectivity index (χ0v) is 15.2. The third-order valence-electron chi connectivity index (χ3n) is 4.34. The van der Waals surface area contributed by atoms with Gasteiger partial charge in [0.1, 0.15) is 5.49 Å². The van der Waals surface area contributed by atoms with Crippen LogP contribution in [-0.2, 0) is 0 Å². The summed E-state index contributed by atoms with van der Waals surface area (Å²) in [7, 11) is 0. The molecule has 0 spiro atoms. The number of hydrogen-bond donors (Lipinski definition) is 0. The minimum atomic E-state index is -0.510. The van der Waals surface area contributed by atoms with Crippen LogP contribution in [0.3, 0.4) is 0 Å². The Hall–Kier alpha value is -2.28. The van der Waals surface area contributed by atoms with Crippen LogP contribution in [0.15, 0.2) is 52.1 Å². The first-order valence-electron chi connectivity index (χ1n) is 8.26. The average Bonchev–Trinajstić information content (AvgIpc) is 2.62. The number of aromatic nitrogens is 1. The first-order valence-corrected chi connectivity index (χ1v) is 9.06. The van der Waals surface area contributed by atoms with Crippen molar-refractivity contribution >= 4 is 27.5 Å². The summed E-state index contributed by atoms with van der Waals surface area (Å²) in [6.07, 6.45) is 7.28. The molecule has 6 nitrogen and oxygen atoms in total. The summed E-state index contributed by atoms with van der Waals surface area (Å²) in [5, 5.41) is 11.1. The second-order valence-corrected chi connectivity index (χ2v) is 6.93. The van der Waals surface area contributed by atoms with E-state index in [2.05, 4.69) is 15.9 Å². The second kappa shape index (κ2) is 7.74. The lowest BCUT2D eigenvalue weighted by molar-refractivity contribution is -0.385. The minimum Gasteiger partial charge on any atom is -0.268 e. The molecule has 0 saturated heterocycles. The molecule has 1 aliphatic carbocycles. The van der Waals surface area contributed by atoms with E-state index in [0.29, 0.717) is 9.96 Å². The lowest BCUT2D eigenvalue weighted by Crippen LogP contribution is -2.29. The fraction of sp³-hybridized carbons (Fsp3) is 0.333. The molecule has 1 aliphatic rings. The minimum absolute atomic E-state index is 0.131. The smallest absolute Gasteiger partial charge is 0.268 e. The Kier molecular flexibility index (Phi) is 5.43. The number of carbonyl (C=O) groups is 1. The van der Waals surface area contributed by atoms with E-state index in [0.717, 1.165) is 25.7 Å². The van der Waals surface area contributed by atoms with E-state index < -0.39 is 4.92 Å². The highest BCUT2D eigenvalue weighted by molar-refractivity contribution is 9.10. The van der Waals surface area contributed by atoms with Gasteiger partial charge in [-0.15, -0.1) is 0 Å². The van der Waals surface area contributed by atoms with Crippen LogP contribution in [0.5, 0.6) is 0 Å². The molecule has 0 radical (unpaired) electrons. The summed E-state index contributed by atoms with van der Waals surface area (Å²) < 4.78 is 1.81. The molecule has 0 bridgehead atoms. The van der Waals surface area contributed by atoms with Crippen molar-refractivity contribution in [3.05, 3.63) is 68.2 Å². The number of benzene rings is 1. The van der Waals surface area contributed by atoms with Crippen LogP contribution < -0.4 is 5.49 Å². The van der Waals surface area contributed by atoms with Gasteiger partial charge in [-0.3, -0.25) is 24.5 Å². The molecule has 7 heteroatoms. The summed E-state index contributed by atoms with van der Waals surface area (Å²) in [4.78, 5) is 28.2. The quantitative estimate of drug-likeness (QED) is 0.571. The van der Waals surface area contributed by atoms with Crippen LogP contribution in [0.25, 0.3) is 0 Å². The third kappa shape index (κ3) is 4.04. The van der Waals surface area contributed by atoms with Gasteiger partial charge in [0.05, 0.1) is 15.4 Å². The number of carbonyl (C=O) groups excluding carboxylic acids is 1. The molecular weight excluding hydrogens is 386 g/mol. The van der Waals surface area contributed by atoms with Crippen LogP contribution in [-0.4, -0.2) is 21.4 Å². The van der Waals surface area contributed by atoms with Crippen LogP contribution >= 0.6 is 15.9 Å². The standard InChI is InChI=1S/C18H18BrN3O3/c19-15-10-9-13(12-16(15)22(24)25)18(23)21-11-5-4-8-17(21)20-14-6-2-1-3-7-14/h4-5,8-12,14H,1-3,6-7H2. The molecule has 25 heavy (non-hydrogen) atoms. The summed E-state index contributed by atoms with van der Waals surface area (Å²) in [6.45, 7) is 0. The first kappa shape index (κ1) is 17.5. The van der Waals surface area contributed by atoms with Gasteiger partial charge in [0.2, 0.25) is 0 Å². The van der Waals surface area contributed by atoms with Gasteiger partial charge in [0, 0.05) is 17.8 Å². The predicted molar refractivity (Wildman–Crippen MR) is 97.4 cm³/mol. The molecule has 1 heterocycles. The van der Waals surface area contributed by atoms with Crippen LogP contribution in [0.4, 0.5) is 5.69 Å². The molecule has 2 aromatic rings. The zero-order valence-electron chi connectivity index (χ0n) is 13.6. The number of nitro benzene ring substituents is 1. The number of halogens is 1. The molecule has 0 atom stereocenters. The number of pyridine rings is 1. The Morgan fingerprint density at radius 3 is 2.68 bits per heavy atom. The summed E-state index contributed by atoms with van der Waals surface area (Å²) in [5.74, 6) is -0.328. The van der Waals surface area contributed by atoms with E-state index in [4.69, 9.17) is 4.99 Å². The lowest BCUT2D eigenvalue weighted by Gasteiger charge is -2.17. The SMILES string of the molecule is O=C(c1ccc(Br)c([N+](=O)[O-])c1)n1ccccc1=NC1CCCCC1. The van der Waals surface area contributed by atoms with Gasteiger partial charge in [0.15, 0.2) is 0 Å². The normalized spacial score (nSPS) is 16.0. The molecule has 130 valence electrons. The van der Waals surface area contributed by atoms with Crippen molar-refractivity contribution in [2.75, 3.05) is 0 Å². The van der Waals surface area contributed by atoms with E-state index >= 15 is 0 Å². The molecule has 3 rings (SSSR count). The second-order valence-electron chi connectivity index (χ2n) is 6.08. The van der Waals surface area contributed by atoms with Crippen molar-refractivity contribution in [3.8, 4) is 0 Å². The Morgan fingerprint density at radius 1 is 1.20 bits per heavy atom. The largest absolute Gasteiger partial charge is 0.284 e. The first-order chi connectivity index (χ1) is 12.1. The molecule has 1 fully saturated rings. The topological polar surface area (TPSA) is 77.5 Å². The Morgan fingerprint density at radius 2 is 1.96 bits per heavy atom. The maximum atomic E-state index is 12.9. The van der Waals surface area contributed by atoms with Crippen molar-refractivity contribution < 1.29 is 9.72 Å². The molecule has 1 aromatic carbocycles. The van der Waals surface area contributed by atoms with Crippen molar-refractivity contribution in [2.24, 2.45) is 4.99 Å². The fourth-order valence-electron chi connectivity index (χ4n) is 3.03. The van der Waals surface area contributed by atoms with Crippen molar-refractivity contribution in [1.82, 2.24) is 4.57 Å². The van der Waals surface area contributed by atoms with Crippen LogP contribution in [0, 0.1) is 10.1 Å². The van der Waals surface area contributed by atoms with E-state index in [1.165, 1.54) is 23.1 Å². The highest BCUT2D eigenvalue weighted by Gasteiger charge is 2.18. The molecular formula is C18H18BrN3O3. The molecule has 0 unspecified atom stereocenters. The van der Waals surface area contributed by atoms with E-state index in [1.54, 1.807) is 24.4 Å². The zero-order chi connectivity index (χ0) is 17.8. The van der Waals surface area contributed by atoms with E-state index in [-0.39, 0.29) is 23.2 Å². The maximum Gasteiger partial charge on any atom is 0.284 e. The average molecular weight is 404 g/mol. The molecule has 0 aliphatic heterocycles. The Labute approximate surface area is 153 Å². The fourth-order valence-corrected chi connectivity index (χ4v) is 3.42. The van der Waals surface area contributed by atoms with Crippen molar-refractivity contribution in [3.63, 3.8) is 0 Å². The molecule has 0 N–H and O–H groups in total. The summed E-state index contributed by atoms with van der Waals surface area (Å²) in [5.41, 5.74) is 0.712. The van der Waals surface area contributed by atoms with Gasteiger partial charge in [-0.1, -0.05) is 25.3 Å². The molecule has 1 aromatic heterocycles. The predicted octanol–water partition coefficient (Wildman–Crippen LogP) is 4.08. The summed E-state index contributed by atoms with van der Waals surface area (Å²) in [6, 6.07) is 10.0. The van der Waals surface area contributed by atoms with Crippen LogP contribution in [0.1, 0.15) is 42.5 Å². The molecule has 1 saturated carbocycles. The highest BCUT2D eigenvalue weighted by atomic mass is 79.9. The van der Waals surface area contributed by atoms with Crippen molar-refractivity contribution in [2.45, 2.75) is 38.1 Å². The summed E-state index contributed by atoms with van der Waals surface area (Å²) >= 11 is 3.14. The number of nitro groups is 1. The van der Waals surface area contributed by atoms with Gasteiger partial charge in [-0.25, -0.2) is 0 Å². The van der Waals surface area contributed by atoms with Crippen molar-refractivity contribution in [1.29, 1.82) is 0 Å². The number of hydrogen-bond acceptors (Lipinski definition) is 4. The van der Waals surface area contributed by atoms with Gasteiger partial charge in [-0.2, -0.15) is 0 Å². The highest BCUT2D eigenvalue weighted by Crippen LogP contribution is 2.26. The Balaban J connectivity index is 1.99. The lowest BCUT2D eigenvalue weighted by atomic mass is 9.96. The number of nitrogens with zero attached hydrogens (tertiary/aromatic N) is 3. The van der Waals surface area contributed by atoms with Crippen LogP contribution in [0.2, 0.25) is 0 Å². The van der Waals surface area contributed by atoms with Gasteiger partial charge < -0.3 is 0 Å². The third-order valence-corrected chi connectivity index (χ3v) is 5.01. The van der Waals surface area contributed by atoms with Gasteiger partial charge in [0.25, 0.3) is 11.6 Å². The Bertz CT molecular complexity index is 870.